The maximum atomic E-state index is 11.6. The Bertz CT molecular complexity index is 385. The molecule has 94 valence electrons. The Morgan fingerprint density at radius 3 is 3.00 bits per heavy atom. The van der Waals surface area contributed by atoms with Crippen LogP contribution in [0, 0.1) is 5.92 Å². The van der Waals surface area contributed by atoms with E-state index in [2.05, 4.69) is 12.0 Å². The number of hydrogen-bond donors (Lipinski definition) is 0. The van der Waals surface area contributed by atoms with Crippen molar-refractivity contribution in [2.24, 2.45) is 5.92 Å². The van der Waals surface area contributed by atoms with Crippen LogP contribution in [0.25, 0.3) is 0 Å². The highest BCUT2D eigenvalue weighted by atomic mass is 16.6. The minimum atomic E-state index is -0.473. The number of rotatable bonds is 6. The van der Waals surface area contributed by atoms with Crippen LogP contribution in [0.15, 0.2) is 12.4 Å². The monoisotopic (exact) mass is 238 g/mol. The van der Waals surface area contributed by atoms with Gasteiger partial charge in [0.1, 0.15) is 0 Å². The molecule has 0 aromatic carbocycles. The van der Waals surface area contributed by atoms with Gasteiger partial charge in [0, 0.05) is 12.5 Å². The summed E-state index contributed by atoms with van der Waals surface area (Å²) in [7, 11) is 1.39. The molecule has 1 unspecified atom stereocenters. The minimum absolute atomic E-state index is 0.296. The van der Waals surface area contributed by atoms with Crippen molar-refractivity contribution < 1.29 is 14.3 Å². The van der Waals surface area contributed by atoms with E-state index >= 15 is 0 Å². The van der Waals surface area contributed by atoms with Crippen LogP contribution < -0.4 is 4.74 Å². The smallest absolute Gasteiger partial charge is 0.347 e. The minimum Gasteiger partial charge on any atom is -0.475 e. The highest BCUT2D eigenvalue weighted by Crippen LogP contribution is 2.35. The molecule has 1 aliphatic carbocycles. The van der Waals surface area contributed by atoms with E-state index in [-0.39, 0.29) is 5.97 Å². The van der Waals surface area contributed by atoms with Gasteiger partial charge in [-0.25, -0.2) is 4.79 Å². The third-order valence-electron chi connectivity index (χ3n) is 2.81. The second-order valence-electron chi connectivity index (χ2n) is 4.34. The Hall–Kier alpha value is -1.52. The van der Waals surface area contributed by atoms with E-state index in [1.165, 1.54) is 7.11 Å². The fourth-order valence-corrected chi connectivity index (χ4v) is 1.76. The second kappa shape index (κ2) is 5.21. The van der Waals surface area contributed by atoms with Crippen molar-refractivity contribution in [3.05, 3.63) is 12.4 Å². The van der Waals surface area contributed by atoms with Crippen molar-refractivity contribution in [1.82, 2.24) is 9.78 Å². The molecule has 0 saturated heterocycles. The Kier molecular flexibility index (Phi) is 3.66. The number of aromatic nitrogens is 2. The number of aryl methyl sites for hydroxylation is 1. The number of esters is 1. The average molecular weight is 238 g/mol. The molecule has 0 radical (unpaired) electrons. The summed E-state index contributed by atoms with van der Waals surface area (Å²) < 4.78 is 12.2. The molecule has 1 atom stereocenters. The molecule has 2 rings (SSSR count). The first-order valence-electron chi connectivity index (χ1n) is 6.01. The van der Waals surface area contributed by atoms with E-state index in [1.807, 2.05) is 10.9 Å². The molecule has 1 saturated carbocycles. The lowest BCUT2D eigenvalue weighted by Crippen LogP contribution is -2.30. The number of hydrogen-bond acceptors (Lipinski definition) is 4. The van der Waals surface area contributed by atoms with Gasteiger partial charge in [0.05, 0.1) is 19.5 Å². The van der Waals surface area contributed by atoms with Gasteiger partial charge in [0.2, 0.25) is 0 Å². The fourth-order valence-electron chi connectivity index (χ4n) is 1.76. The number of carbonyl (C=O) groups is 1. The Morgan fingerprint density at radius 1 is 1.65 bits per heavy atom. The van der Waals surface area contributed by atoms with Gasteiger partial charge in [-0.1, -0.05) is 6.92 Å². The number of nitrogens with zero attached hydrogens (tertiary/aromatic N) is 2. The van der Waals surface area contributed by atoms with Crippen molar-refractivity contribution in [3.63, 3.8) is 0 Å². The quantitative estimate of drug-likeness (QED) is 0.707. The van der Waals surface area contributed by atoms with E-state index in [0.717, 1.165) is 25.8 Å². The first-order chi connectivity index (χ1) is 8.24. The summed E-state index contributed by atoms with van der Waals surface area (Å²) in [6.07, 6.45) is 6.07. The van der Waals surface area contributed by atoms with Gasteiger partial charge in [0.25, 0.3) is 0 Å². The predicted molar refractivity (Wildman–Crippen MR) is 61.7 cm³/mol. The molecule has 1 fully saturated rings. The van der Waals surface area contributed by atoms with Crippen LogP contribution in [0.4, 0.5) is 0 Å². The molecule has 0 bridgehead atoms. The lowest BCUT2D eigenvalue weighted by atomic mass is 10.2. The summed E-state index contributed by atoms with van der Waals surface area (Å²) in [4.78, 5) is 11.6. The van der Waals surface area contributed by atoms with Crippen molar-refractivity contribution >= 4 is 5.97 Å². The maximum Gasteiger partial charge on any atom is 0.347 e. The average Bonchev–Trinajstić information content (AvgIpc) is 3.08. The molecule has 0 spiro atoms. The van der Waals surface area contributed by atoms with Gasteiger partial charge >= 0.3 is 5.97 Å². The lowest BCUT2D eigenvalue weighted by molar-refractivity contribution is -0.149. The summed E-state index contributed by atoms with van der Waals surface area (Å²) in [6, 6.07) is 0. The predicted octanol–water partition coefficient (Wildman–Crippen LogP) is 1.62. The van der Waals surface area contributed by atoms with Gasteiger partial charge in [-0.3, -0.25) is 4.68 Å². The molecule has 1 aliphatic rings. The van der Waals surface area contributed by atoms with Crippen LogP contribution >= 0.6 is 0 Å². The third-order valence-corrected chi connectivity index (χ3v) is 2.81. The SMILES string of the molecule is CCCn1cc(OC(C(=O)OC)C2CC2)cn1. The van der Waals surface area contributed by atoms with Crippen LogP contribution in [0.3, 0.4) is 0 Å². The Labute approximate surface area is 101 Å². The van der Waals surface area contributed by atoms with Crippen LogP contribution in [0.2, 0.25) is 0 Å². The first-order valence-corrected chi connectivity index (χ1v) is 6.01. The molecule has 1 heterocycles. The topological polar surface area (TPSA) is 53.4 Å². The van der Waals surface area contributed by atoms with Gasteiger partial charge in [-0.2, -0.15) is 5.10 Å². The molecule has 1 aromatic heterocycles. The highest BCUT2D eigenvalue weighted by molar-refractivity contribution is 5.75. The van der Waals surface area contributed by atoms with Gasteiger partial charge in [-0.05, 0) is 19.3 Å². The van der Waals surface area contributed by atoms with Gasteiger partial charge in [-0.15, -0.1) is 0 Å². The second-order valence-corrected chi connectivity index (χ2v) is 4.34. The number of methoxy groups -OCH3 is 1. The van der Waals surface area contributed by atoms with Crippen molar-refractivity contribution in [2.45, 2.75) is 38.8 Å². The lowest BCUT2D eigenvalue weighted by Gasteiger charge is -2.14. The first kappa shape index (κ1) is 12.0. The Morgan fingerprint density at radius 2 is 2.41 bits per heavy atom. The van der Waals surface area contributed by atoms with Crippen molar-refractivity contribution in [3.8, 4) is 5.75 Å². The van der Waals surface area contributed by atoms with E-state index in [4.69, 9.17) is 9.47 Å². The van der Waals surface area contributed by atoms with Crippen molar-refractivity contribution in [2.75, 3.05) is 7.11 Å². The van der Waals surface area contributed by atoms with E-state index in [9.17, 15) is 4.79 Å². The normalized spacial score (nSPS) is 16.6. The summed E-state index contributed by atoms with van der Waals surface area (Å²) in [5.74, 6) is 0.647. The highest BCUT2D eigenvalue weighted by Gasteiger charge is 2.39. The standard InChI is InChI=1S/C12H18N2O3/c1-3-6-14-8-10(7-13-14)17-11(9-4-5-9)12(15)16-2/h7-9,11H,3-6H2,1-2H3. The van der Waals surface area contributed by atoms with E-state index in [0.29, 0.717) is 11.7 Å². The zero-order valence-corrected chi connectivity index (χ0v) is 10.3. The molecular formula is C12H18N2O3. The van der Waals surface area contributed by atoms with Crippen LogP contribution in [-0.4, -0.2) is 29.0 Å². The fraction of sp³-hybridized carbons (Fsp3) is 0.667. The molecule has 0 N–H and O–H groups in total. The van der Waals surface area contributed by atoms with E-state index < -0.39 is 6.10 Å². The molecule has 1 aromatic rings. The summed E-state index contributed by atoms with van der Waals surface area (Å²) in [6.45, 7) is 2.94. The zero-order chi connectivity index (χ0) is 12.3. The molecule has 5 heteroatoms. The maximum absolute atomic E-state index is 11.6. The molecule has 0 amide bonds. The number of ether oxygens (including phenoxy) is 2. The summed E-state index contributed by atoms with van der Waals surface area (Å²) in [5, 5.41) is 4.16. The third kappa shape index (κ3) is 2.99. The molecule has 17 heavy (non-hydrogen) atoms. The molecule has 5 nitrogen and oxygen atoms in total. The largest absolute Gasteiger partial charge is 0.475 e. The van der Waals surface area contributed by atoms with E-state index in [1.54, 1.807) is 6.20 Å². The summed E-state index contributed by atoms with van der Waals surface area (Å²) in [5.41, 5.74) is 0. The summed E-state index contributed by atoms with van der Waals surface area (Å²) >= 11 is 0. The zero-order valence-electron chi connectivity index (χ0n) is 10.3. The van der Waals surface area contributed by atoms with Gasteiger partial charge in [0.15, 0.2) is 11.9 Å². The van der Waals surface area contributed by atoms with Gasteiger partial charge < -0.3 is 9.47 Å². The molecular weight excluding hydrogens is 220 g/mol. The Balaban J connectivity index is 1.98. The van der Waals surface area contributed by atoms with Crippen molar-refractivity contribution in [1.29, 1.82) is 0 Å². The number of carbonyl (C=O) groups excluding carboxylic acids is 1. The van der Waals surface area contributed by atoms with Crippen LogP contribution in [0.5, 0.6) is 5.75 Å². The molecule has 0 aliphatic heterocycles. The van der Waals surface area contributed by atoms with Crippen LogP contribution in [-0.2, 0) is 16.1 Å². The van der Waals surface area contributed by atoms with Crippen LogP contribution in [0.1, 0.15) is 26.2 Å².